The molecule has 3 N–H and O–H groups in total. The van der Waals surface area contributed by atoms with Crippen molar-refractivity contribution in [2.75, 3.05) is 5.75 Å². The highest BCUT2D eigenvalue weighted by Gasteiger charge is 2.19. The van der Waals surface area contributed by atoms with Gasteiger partial charge in [-0.25, -0.2) is 18.5 Å². The normalized spacial score (nSPS) is 12.3. The van der Waals surface area contributed by atoms with Crippen LogP contribution in [0.2, 0.25) is 0 Å². The number of sulfonamides is 1. The van der Waals surface area contributed by atoms with Crippen LogP contribution >= 0.6 is 11.8 Å². The molecule has 0 radical (unpaired) electrons. The molecular formula is C25H23N3O4S2. The van der Waals surface area contributed by atoms with Gasteiger partial charge in [0.1, 0.15) is 5.69 Å². The molecule has 1 aromatic heterocycles. The van der Waals surface area contributed by atoms with Crippen LogP contribution < -0.4 is 10.5 Å². The molecule has 0 bridgehead atoms. The number of nitrogens with one attached hydrogen (secondary N) is 1. The number of primary sulfonamides is 1. The lowest BCUT2D eigenvalue weighted by Crippen LogP contribution is -2.28. The SMILES string of the molecule is C[C@H](NC(=O)CSc1nc(-c2ccccc2)c(-c2ccccc2)o1)c1ccc(S(N)(=O)=O)cc1. The molecule has 1 heterocycles. The second-order valence-electron chi connectivity index (χ2n) is 7.58. The summed E-state index contributed by atoms with van der Waals surface area (Å²) < 4.78 is 28.9. The van der Waals surface area contributed by atoms with Crippen LogP contribution in [0.15, 0.2) is 99.5 Å². The minimum Gasteiger partial charge on any atom is -0.431 e. The number of carbonyl (C=O) groups is 1. The highest BCUT2D eigenvalue weighted by atomic mass is 32.2. The van der Waals surface area contributed by atoms with Crippen LogP contribution in [-0.2, 0) is 14.8 Å². The molecule has 0 aliphatic heterocycles. The van der Waals surface area contributed by atoms with E-state index in [9.17, 15) is 13.2 Å². The van der Waals surface area contributed by atoms with E-state index in [4.69, 9.17) is 9.56 Å². The molecule has 0 saturated heterocycles. The van der Waals surface area contributed by atoms with E-state index < -0.39 is 10.0 Å². The maximum atomic E-state index is 12.5. The highest BCUT2D eigenvalue weighted by molar-refractivity contribution is 7.99. The van der Waals surface area contributed by atoms with E-state index in [0.717, 1.165) is 22.4 Å². The molecule has 0 aliphatic carbocycles. The van der Waals surface area contributed by atoms with E-state index in [1.54, 1.807) is 12.1 Å². The minimum absolute atomic E-state index is 0.0256. The number of benzene rings is 3. The van der Waals surface area contributed by atoms with E-state index >= 15 is 0 Å². The van der Waals surface area contributed by atoms with Crippen molar-refractivity contribution >= 4 is 27.7 Å². The van der Waals surface area contributed by atoms with Gasteiger partial charge in [-0.1, -0.05) is 84.6 Å². The van der Waals surface area contributed by atoms with Crippen molar-refractivity contribution < 1.29 is 17.6 Å². The van der Waals surface area contributed by atoms with Gasteiger partial charge in [0.25, 0.3) is 5.22 Å². The summed E-state index contributed by atoms with van der Waals surface area (Å²) in [5.74, 6) is 0.564. The number of rotatable bonds is 8. The van der Waals surface area contributed by atoms with E-state index in [1.807, 2.05) is 67.6 Å². The van der Waals surface area contributed by atoms with Crippen molar-refractivity contribution in [2.24, 2.45) is 5.14 Å². The lowest BCUT2D eigenvalue weighted by molar-refractivity contribution is -0.119. The van der Waals surface area contributed by atoms with Gasteiger partial charge < -0.3 is 9.73 Å². The molecule has 174 valence electrons. The third kappa shape index (κ3) is 5.74. The predicted molar refractivity (Wildman–Crippen MR) is 132 cm³/mol. The van der Waals surface area contributed by atoms with E-state index in [2.05, 4.69) is 10.3 Å². The second-order valence-corrected chi connectivity index (χ2v) is 10.1. The van der Waals surface area contributed by atoms with Crippen molar-refractivity contribution in [1.29, 1.82) is 0 Å². The Labute approximate surface area is 202 Å². The minimum atomic E-state index is -3.76. The van der Waals surface area contributed by atoms with Gasteiger partial charge in [-0.3, -0.25) is 4.79 Å². The van der Waals surface area contributed by atoms with Gasteiger partial charge >= 0.3 is 0 Å². The number of hydrogen-bond acceptors (Lipinski definition) is 6. The Balaban J connectivity index is 1.45. The average Bonchev–Trinajstić information content (AvgIpc) is 3.28. The van der Waals surface area contributed by atoms with Gasteiger partial charge in [0, 0.05) is 11.1 Å². The van der Waals surface area contributed by atoms with Gasteiger partial charge in [0.2, 0.25) is 15.9 Å². The summed E-state index contributed by atoms with van der Waals surface area (Å²) in [4.78, 5) is 17.2. The number of hydrogen-bond donors (Lipinski definition) is 2. The Morgan fingerprint density at radius 1 is 0.971 bits per heavy atom. The summed E-state index contributed by atoms with van der Waals surface area (Å²) in [5, 5.41) is 8.43. The molecule has 9 heteroatoms. The number of aromatic nitrogens is 1. The van der Waals surface area contributed by atoms with Crippen LogP contribution in [-0.4, -0.2) is 25.1 Å². The number of nitrogens with zero attached hydrogens (tertiary/aromatic N) is 1. The molecule has 0 saturated carbocycles. The van der Waals surface area contributed by atoms with Crippen LogP contribution in [0.5, 0.6) is 0 Å². The van der Waals surface area contributed by atoms with Crippen molar-refractivity contribution in [3.05, 3.63) is 90.5 Å². The van der Waals surface area contributed by atoms with Crippen molar-refractivity contribution in [1.82, 2.24) is 10.3 Å². The quantitative estimate of drug-likeness (QED) is 0.346. The first-order valence-electron chi connectivity index (χ1n) is 10.5. The lowest BCUT2D eigenvalue weighted by Gasteiger charge is -2.14. The fourth-order valence-electron chi connectivity index (χ4n) is 3.38. The first-order valence-corrected chi connectivity index (χ1v) is 13.0. The number of thioether (sulfide) groups is 1. The second kappa shape index (κ2) is 10.3. The first kappa shape index (κ1) is 23.7. The molecular weight excluding hydrogens is 470 g/mol. The summed E-state index contributed by atoms with van der Waals surface area (Å²) in [6, 6.07) is 25.3. The Kier molecular flexibility index (Phi) is 7.16. The monoisotopic (exact) mass is 493 g/mol. The van der Waals surface area contributed by atoms with Crippen LogP contribution in [0.3, 0.4) is 0 Å². The summed E-state index contributed by atoms with van der Waals surface area (Å²) in [7, 11) is -3.76. The molecule has 1 atom stereocenters. The molecule has 0 unspecified atom stereocenters. The summed E-state index contributed by atoms with van der Waals surface area (Å²) >= 11 is 1.21. The third-order valence-corrected chi connectivity index (χ3v) is 6.86. The van der Waals surface area contributed by atoms with Crippen LogP contribution in [0.4, 0.5) is 0 Å². The largest absolute Gasteiger partial charge is 0.431 e. The molecule has 34 heavy (non-hydrogen) atoms. The fraction of sp³-hybridized carbons (Fsp3) is 0.120. The first-order chi connectivity index (χ1) is 16.3. The van der Waals surface area contributed by atoms with Gasteiger partial charge in [-0.2, -0.15) is 0 Å². The maximum absolute atomic E-state index is 12.5. The molecule has 0 aliphatic rings. The number of carbonyl (C=O) groups excluding carboxylic acids is 1. The van der Waals surface area contributed by atoms with Crippen LogP contribution in [0, 0.1) is 0 Å². The summed E-state index contributed by atoms with van der Waals surface area (Å²) in [6.45, 7) is 1.82. The molecule has 4 rings (SSSR count). The van der Waals surface area contributed by atoms with Crippen molar-refractivity contribution in [3.8, 4) is 22.6 Å². The van der Waals surface area contributed by atoms with E-state index in [1.165, 1.54) is 23.9 Å². The molecule has 0 fully saturated rings. The van der Waals surface area contributed by atoms with Gasteiger partial charge in [-0.15, -0.1) is 0 Å². The van der Waals surface area contributed by atoms with E-state index in [-0.39, 0.29) is 22.6 Å². The van der Waals surface area contributed by atoms with Gasteiger partial charge in [0.05, 0.1) is 16.7 Å². The molecule has 3 aromatic carbocycles. The predicted octanol–water partition coefficient (Wildman–Crippen LogP) is 4.63. The molecule has 1 amide bonds. The highest BCUT2D eigenvalue weighted by Crippen LogP contribution is 2.35. The average molecular weight is 494 g/mol. The fourth-order valence-corrected chi connectivity index (χ4v) is 4.53. The number of amides is 1. The van der Waals surface area contributed by atoms with Crippen LogP contribution in [0.1, 0.15) is 18.5 Å². The van der Waals surface area contributed by atoms with E-state index in [0.29, 0.717) is 11.0 Å². The van der Waals surface area contributed by atoms with Crippen LogP contribution in [0.25, 0.3) is 22.6 Å². The zero-order chi connectivity index (χ0) is 24.1. The maximum Gasteiger partial charge on any atom is 0.257 e. The Morgan fingerprint density at radius 3 is 2.15 bits per heavy atom. The van der Waals surface area contributed by atoms with Crippen molar-refractivity contribution in [2.45, 2.75) is 23.1 Å². The van der Waals surface area contributed by atoms with Gasteiger partial charge in [0.15, 0.2) is 5.76 Å². The third-order valence-electron chi connectivity index (χ3n) is 5.10. The van der Waals surface area contributed by atoms with Crippen molar-refractivity contribution in [3.63, 3.8) is 0 Å². The molecule has 4 aromatic rings. The zero-order valence-electron chi connectivity index (χ0n) is 18.3. The number of nitrogens with two attached hydrogens (primary N) is 1. The molecule has 0 spiro atoms. The lowest BCUT2D eigenvalue weighted by atomic mass is 10.1. The summed E-state index contributed by atoms with van der Waals surface area (Å²) in [5.41, 5.74) is 3.32. The topological polar surface area (TPSA) is 115 Å². The molecule has 7 nitrogen and oxygen atoms in total. The number of oxazole rings is 1. The Bertz CT molecular complexity index is 1310. The van der Waals surface area contributed by atoms with Gasteiger partial charge in [-0.05, 0) is 24.6 Å². The Morgan fingerprint density at radius 2 is 1.56 bits per heavy atom. The Hall–Kier alpha value is -3.40. The standard InChI is InChI=1S/C25H23N3O4S2/c1-17(18-12-14-21(15-13-18)34(26,30)31)27-22(29)16-33-25-28-23(19-8-4-2-5-9-19)24(32-25)20-10-6-3-7-11-20/h2-15,17H,16H2,1H3,(H,27,29)(H2,26,30,31)/t17-/m0/s1. The zero-order valence-corrected chi connectivity index (χ0v) is 20.0. The smallest absolute Gasteiger partial charge is 0.257 e. The summed E-state index contributed by atoms with van der Waals surface area (Å²) in [6.07, 6.45) is 0.